The lowest BCUT2D eigenvalue weighted by Gasteiger charge is -2.48. The van der Waals surface area contributed by atoms with Crippen molar-refractivity contribution in [1.82, 2.24) is 0 Å². The van der Waals surface area contributed by atoms with Crippen molar-refractivity contribution >= 4 is 11.8 Å². The fourth-order valence-electron chi connectivity index (χ4n) is 3.64. The summed E-state index contributed by atoms with van der Waals surface area (Å²) in [5.41, 5.74) is -1.66. The van der Waals surface area contributed by atoms with Crippen molar-refractivity contribution in [3.05, 3.63) is 24.2 Å². The summed E-state index contributed by atoms with van der Waals surface area (Å²) >= 11 is 0. The molecule has 0 radical (unpaired) electrons. The van der Waals surface area contributed by atoms with Crippen LogP contribution in [0.2, 0.25) is 0 Å². The molecule has 0 unspecified atom stereocenters. The van der Waals surface area contributed by atoms with Gasteiger partial charge in [0.2, 0.25) is 0 Å². The summed E-state index contributed by atoms with van der Waals surface area (Å²) in [5, 5.41) is 0. The lowest BCUT2D eigenvalue weighted by Crippen LogP contribution is -2.55. The Labute approximate surface area is 118 Å². The molecular weight excluding hydrogens is 256 g/mol. The number of furan rings is 1. The second-order valence-corrected chi connectivity index (χ2v) is 6.47. The standard InChI is InChI=1S/C16H20O4/c1-15(2)13(17)16(8-4-3-5-9-16)12(20-14(15)18)11-7-6-10-19-11/h6-7,10,12H,3-5,8-9H2,1-2H3/t12-/m1/s1. The summed E-state index contributed by atoms with van der Waals surface area (Å²) in [7, 11) is 0. The van der Waals surface area contributed by atoms with Gasteiger partial charge in [-0.25, -0.2) is 0 Å². The Morgan fingerprint density at radius 3 is 2.45 bits per heavy atom. The van der Waals surface area contributed by atoms with Crippen LogP contribution in [0.4, 0.5) is 0 Å². The van der Waals surface area contributed by atoms with Crippen LogP contribution in [-0.2, 0) is 14.3 Å². The highest BCUT2D eigenvalue weighted by Crippen LogP contribution is 2.55. The van der Waals surface area contributed by atoms with E-state index < -0.39 is 22.9 Å². The predicted molar refractivity (Wildman–Crippen MR) is 71.8 cm³/mol. The van der Waals surface area contributed by atoms with E-state index in [4.69, 9.17) is 9.15 Å². The number of cyclic esters (lactones) is 1. The molecule has 2 heterocycles. The van der Waals surface area contributed by atoms with Crippen molar-refractivity contribution in [2.45, 2.75) is 52.1 Å². The minimum Gasteiger partial charge on any atom is -0.465 e. The maximum absolute atomic E-state index is 13.0. The Morgan fingerprint density at radius 2 is 1.85 bits per heavy atom. The molecule has 1 aromatic rings. The van der Waals surface area contributed by atoms with E-state index in [1.54, 1.807) is 32.2 Å². The van der Waals surface area contributed by atoms with E-state index >= 15 is 0 Å². The van der Waals surface area contributed by atoms with Crippen molar-refractivity contribution in [3.8, 4) is 0 Å². The number of carbonyl (C=O) groups is 2. The number of hydrogen-bond acceptors (Lipinski definition) is 4. The van der Waals surface area contributed by atoms with Crippen LogP contribution in [0.5, 0.6) is 0 Å². The van der Waals surface area contributed by atoms with E-state index in [-0.39, 0.29) is 5.78 Å². The van der Waals surface area contributed by atoms with Gasteiger partial charge in [-0.05, 0) is 38.8 Å². The van der Waals surface area contributed by atoms with Crippen molar-refractivity contribution in [2.24, 2.45) is 10.8 Å². The second-order valence-electron chi connectivity index (χ2n) is 6.47. The summed E-state index contributed by atoms with van der Waals surface area (Å²) in [6.45, 7) is 3.35. The van der Waals surface area contributed by atoms with E-state index in [1.165, 1.54) is 0 Å². The van der Waals surface area contributed by atoms with Crippen molar-refractivity contribution in [3.63, 3.8) is 0 Å². The average molecular weight is 276 g/mol. The topological polar surface area (TPSA) is 56.5 Å². The number of ether oxygens (including phenoxy) is 1. The van der Waals surface area contributed by atoms with Crippen molar-refractivity contribution < 1.29 is 18.7 Å². The molecular formula is C16H20O4. The van der Waals surface area contributed by atoms with Crippen LogP contribution < -0.4 is 0 Å². The minimum absolute atomic E-state index is 0.0161. The molecule has 4 nitrogen and oxygen atoms in total. The molecule has 20 heavy (non-hydrogen) atoms. The first-order valence-corrected chi connectivity index (χ1v) is 7.28. The molecule has 4 heteroatoms. The van der Waals surface area contributed by atoms with E-state index in [2.05, 4.69) is 0 Å². The maximum atomic E-state index is 13.0. The lowest BCUT2D eigenvalue weighted by atomic mass is 9.59. The quantitative estimate of drug-likeness (QED) is 0.582. The molecule has 108 valence electrons. The molecule has 1 saturated heterocycles. The lowest BCUT2D eigenvalue weighted by molar-refractivity contribution is -0.194. The van der Waals surface area contributed by atoms with Gasteiger partial charge in [-0.1, -0.05) is 19.3 Å². The molecule has 1 saturated carbocycles. The molecule has 1 aliphatic heterocycles. The summed E-state index contributed by atoms with van der Waals surface area (Å²) in [5.74, 6) is 0.159. The Balaban J connectivity index is 2.08. The molecule has 0 N–H and O–H groups in total. The van der Waals surface area contributed by atoms with Crippen LogP contribution in [-0.4, -0.2) is 11.8 Å². The second kappa shape index (κ2) is 4.47. The third-order valence-corrected chi connectivity index (χ3v) is 4.80. The van der Waals surface area contributed by atoms with Gasteiger partial charge < -0.3 is 9.15 Å². The van der Waals surface area contributed by atoms with E-state index in [9.17, 15) is 9.59 Å². The van der Waals surface area contributed by atoms with Gasteiger partial charge in [0.1, 0.15) is 11.2 Å². The van der Waals surface area contributed by atoms with Crippen LogP contribution >= 0.6 is 0 Å². The van der Waals surface area contributed by atoms with E-state index in [0.29, 0.717) is 5.76 Å². The molecule has 0 amide bonds. The van der Waals surface area contributed by atoms with Crippen LogP contribution in [0, 0.1) is 10.8 Å². The molecule has 2 aliphatic rings. The van der Waals surface area contributed by atoms with Gasteiger partial charge in [-0.3, -0.25) is 9.59 Å². The zero-order valence-corrected chi connectivity index (χ0v) is 12.0. The van der Waals surface area contributed by atoms with Gasteiger partial charge in [0.05, 0.1) is 11.7 Å². The normalized spacial score (nSPS) is 28.4. The van der Waals surface area contributed by atoms with Crippen molar-refractivity contribution in [2.75, 3.05) is 0 Å². The van der Waals surface area contributed by atoms with Crippen molar-refractivity contribution in [1.29, 1.82) is 0 Å². The molecule has 0 aromatic carbocycles. The van der Waals surface area contributed by atoms with Gasteiger partial charge >= 0.3 is 5.97 Å². The number of rotatable bonds is 1. The molecule has 1 spiro atoms. The highest BCUT2D eigenvalue weighted by molar-refractivity contribution is 6.08. The van der Waals surface area contributed by atoms with E-state index in [1.807, 2.05) is 0 Å². The summed E-state index contributed by atoms with van der Waals surface area (Å²) in [4.78, 5) is 25.2. The van der Waals surface area contributed by atoms with E-state index in [0.717, 1.165) is 32.1 Å². The minimum atomic E-state index is -1.06. The number of hydrogen-bond donors (Lipinski definition) is 0. The molecule has 1 aromatic heterocycles. The molecule has 3 rings (SSSR count). The summed E-state index contributed by atoms with van der Waals surface area (Å²) < 4.78 is 11.1. The fourth-order valence-corrected chi connectivity index (χ4v) is 3.64. The van der Waals surface area contributed by atoms with Crippen LogP contribution in [0.15, 0.2) is 22.8 Å². The highest BCUT2D eigenvalue weighted by atomic mass is 16.6. The Hall–Kier alpha value is -1.58. The summed E-state index contributed by atoms with van der Waals surface area (Å²) in [6, 6.07) is 3.56. The Kier molecular flexibility index (Phi) is 3.00. The summed E-state index contributed by atoms with van der Waals surface area (Å²) in [6.07, 6.45) is 5.67. The molecule has 0 bridgehead atoms. The maximum Gasteiger partial charge on any atom is 0.319 e. The first kappa shape index (κ1) is 13.4. The molecule has 1 aliphatic carbocycles. The monoisotopic (exact) mass is 276 g/mol. The number of esters is 1. The molecule has 1 atom stereocenters. The SMILES string of the molecule is CC1(C)C(=O)O[C@H](c2ccco2)C2(CCCCC2)C1=O. The number of Topliss-reactive ketones (excluding diaryl/α,β-unsaturated/α-hetero) is 1. The average Bonchev–Trinajstić information content (AvgIpc) is 2.96. The van der Waals surface area contributed by atoms with Gasteiger partial charge in [0.25, 0.3) is 0 Å². The Bertz CT molecular complexity index is 521. The number of carbonyl (C=O) groups excluding carboxylic acids is 2. The molecule has 2 fully saturated rings. The smallest absolute Gasteiger partial charge is 0.319 e. The fraction of sp³-hybridized carbons (Fsp3) is 0.625. The third kappa shape index (κ3) is 1.74. The highest BCUT2D eigenvalue weighted by Gasteiger charge is 2.61. The first-order chi connectivity index (χ1) is 9.48. The Morgan fingerprint density at radius 1 is 1.15 bits per heavy atom. The van der Waals surface area contributed by atoms with Crippen LogP contribution in [0.25, 0.3) is 0 Å². The first-order valence-electron chi connectivity index (χ1n) is 7.28. The number of ketones is 1. The van der Waals surface area contributed by atoms with Gasteiger partial charge in [0.15, 0.2) is 11.9 Å². The predicted octanol–water partition coefficient (Wildman–Crippen LogP) is 3.42. The zero-order valence-electron chi connectivity index (χ0n) is 12.0. The van der Waals surface area contributed by atoms with Gasteiger partial charge in [-0.2, -0.15) is 0 Å². The van der Waals surface area contributed by atoms with Gasteiger partial charge in [0, 0.05) is 0 Å². The van der Waals surface area contributed by atoms with Crippen LogP contribution in [0.1, 0.15) is 57.8 Å². The third-order valence-electron chi connectivity index (χ3n) is 4.80. The van der Waals surface area contributed by atoms with Crippen LogP contribution in [0.3, 0.4) is 0 Å². The largest absolute Gasteiger partial charge is 0.465 e. The van der Waals surface area contributed by atoms with Gasteiger partial charge in [-0.15, -0.1) is 0 Å². The zero-order chi connectivity index (χ0) is 14.4.